The maximum Gasteiger partial charge on any atom is 0.238 e. The predicted molar refractivity (Wildman–Crippen MR) is 98.3 cm³/mol. The summed E-state index contributed by atoms with van der Waals surface area (Å²) >= 11 is 0. The zero-order valence-corrected chi connectivity index (χ0v) is 15.2. The van der Waals surface area contributed by atoms with E-state index in [0.29, 0.717) is 12.6 Å². The molecule has 2 unspecified atom stereocenters. The third-order valence-electron chi connectivity index (χ3n) is 5.11. The summed E-state index contributed by atoms with van der Waals surface area (Å²) in [4.78, 5) is 15.1. The Morgan fingerprint density at radius 2 is 2.08 bits per heavy atom. The Kier molecular flexibility index (Phi) is 6.75. The number of para-hydroxylation sites is 1. The van der Waals surface area contributed by atoms with E-state index in [1.165, 1.54) is 12.8 Å². The van der Waals surface area contributed by atoms with Crippen molar-refractivity contribution in [3.8, 4) is 5.75 Å². The monoisotopic (exact) mass is 373 g/mol. The lowest BCUT2D eigenvalue weighted by atomic mass is 10.00. The van der Waals surface area contributed by atoms with Crippen molar-refractivity contribution in [1.82, 2.24) is 15.5 Å². The molecule has 1 amide bonds. The Morgan fingerprint density at radius 1 is 1.25 bits per heavy atom. The van der Waals surface area contributed by atoms with Crippen LogP contribution < -0.4 is 15.4 Å². The molecule has 2 N–H and O–H groups in total. The van der Waals surface area contributed by atoms with Crippen molar-refractivity contribution in [2.24, 2.45) is 0 Å². The average Bonchev–Trinajstić information content (AvgIpc) is 3.02. The van der Waals surface area contributed by atoms with E-state index in [2.05, 4.69) is 15.5 Å². The minimum atomic E-state index is -0.0932. The van der Waals surface area contributed by atoms with Crippen LogP contribution in [0.15, 0.2) is 24.3 Å². The molecule has 0 aliphatic carbocycles. The van der Waals surface area contributed by atoms with Gasteiger partial charge >= 0.3 is 0 Å². The lowest BCUT2D eigenvalue weighted by molar-refractivity contribution is -0.125. The van der Waals surface area contributed by atoms with E-state index in [9.17, 15) is 4.79 Å². The summed E-state index contributed by atoms with van der Waals surface area (Å²) in [7, 11) is 0. The summed E-state index contributed by atoms with van der Waals surface area (Å²) in [6.45, 7) is 3.56. The third-order valence-corrected chi connectivity index (χ3v) is 5.11. The first-order valence-electron chi connectivity index (χ1n) is 8.31. The number of nitrogens with one attached hydrogen (secondary N) is 2. The fraction of sp³-hybridized carbons (Fsp3) is 0.588. The van der Waals surface area contributed by atoms with E-state index in [1.54, 1.807) is 0 Å². The number of benzene rings is 1. The highest BCUT2D eigenvalue weighted by atomic mass is 35.5. The van der Waals surface area contributed by atoms with Crippen molar-refractivity contribution in [1.29, 1.82) is 0 Å². The van der Waals surface area contributed by atoms with Crippen LogP contribution in [0.3, 0.4) is 0 Å². The second-order valence-electron chi connectivity index (χ2n) is 6.49. The summed E-state index contributed by atoms with van der Waals surface area (Å²) in [5.74, 6) is 1.02. The summed E-state index contributed by atoms with van der Waals surface area (Å²) in [5, 5.41) is 6.64. The molecule has 3 aliphatic heterocycles. The second kappa shape index (κ2) is 8.39. The maximum absolute atomic E-state index is 12.6. The minimum Gasteiger partial charge on any atom is -0.493 e. The number of rotatable bonds is 2. The van der Waals surface area contributed by atoms with Crippen molar-refractivity contribution in [3.63, 3.8) is 0 Å². The molecule has 0 saturated carbocycles. The van der Waals surface area contributed by atoms with Crippen LogP contribution in [0.5, 0.6) is 5.75 Å². The average molecular weight is 374 g/mol. The first kappa shape index (κ1) is 19.3. The zero-order valence-electron chi connectivity index (χ0n) is 13.6. The van der Waals surface area contributed by atoms with Crippen molar-refractivity contribution < 1.29 is 9.53 Å². The van der Waals surface area contributed by atoms with E-state index >= 15 is 0 Å². The molecular formula is C17H25Cl2N3O2. The molecule has 0 radical (unpaired) electrons. The Labute approximate surface area is 155 Å². The van der Waals surface area contributed by atoms with E-state index in [4.69, 9.17) is 4.74 Å². The van der Waals surface area contributed by atoms with Crippen molar-refractivity contribution in [3.05, 3.63) is 29.8 Å². The van der Waals surface area contributed by atoms with Crippen molar-refractivity contribution >= 4 is 30.7 Å². The molecule has 5 nitrogen and oxygen atoms in total. The van der Waals surface area contributed by atoms with Gasteiger partial charge in [0.1, 0.15) is 5.75 Å². The Bertz CT molecular complexity index is 573. The molecule has 0 bridgehead atoms. The van der Waals surface area contributed by atoms with Crippen LogP contribution in [0.25, 0.3) is 0 Å². The van der Waals surface area contributed by atoms with E-state index < -0.39 is 0 Å². The van der Waals surface area contributed by atoms with Crippen LogP contribution in [-0.4, -0.2) is 49.1 Å². The van der Waals surface area contributed by atoms with Gasteiger partial charge in [-0.1, -0.05) is 18.2 Å². The van der Waals surface area contributed by atoms with E-state index in [0.717, 1.165) is 37.4 Å². The largest absolute Gasteiger partial charge is 0.493 e. The number of ether oxygens (including phenoxy) is 1. The van der Waals surface area contributed by atoms with Gasteiger partial charge in [0.2, 0.25) is 5.91 Å². The fourth-order valence-corrected chi connectivity index (χ4v) is 3.88. The Morgan fingerprint density at radius 3 is 2.96 bits per heavy atom. The normalized spacial score (nSPS) is 28.4. The van der Waals surface area contributed by atoms with Gasteiger partial charge in [0.15, 0.2) is 0 Å². The number of carbonyl (C=O) groups excluding carboxylic acids is 1. The summed E-state index contributed by atoms with van der Waals surface area (Å²) < 4.78 is 5.66. The summed E-state index contributed by atoms with van der Waals surface area (Å²) in [5.41, 5.74) is 1.09. The first-order valence-corrected chi connectivity index (χ1v) is 8.31. The lowest BCUT2D eigenvalue weighted by Gasteiger charge is -2.36. The molecule has 1 aromatic carbocycles. The number of nitrogens with zero attached hydrogens (tertiary/aromatic N) is 1. The van der Waals surface area contributed by atoms with Crippen LogP contribution in [0.1, 0.15) is 30.9 Å². The van der Waals surface area contributed by atoms with Crippen molar-refractivity contribution in [2.75, 3.05) is 26.2 Å². The Hall–Kier alpha value is -1.01. The number of halogens is 2. The maximum atomic E-state index is 12.6. The number of carbonyl (C=O) groups is 1. The molecule has 2 saturated heterocycles. The molecule has 1 aromatic rings. The van der Waals surface area contributed by atoms with Crippen LogP contribution in [0.4, 0.5) is 0 Å². The van der Waals surface area contributed by atoms with Gasteiger partial charge in [0, 0.05) is 31.1 Å². The van der Waals surface area contributed by atoms with Gasteiger partial charge in [-0.2, -0.15) is 0 Å². The quantitative estimate of drug-likeness (QED) is 0.831. The van der Waals surface area contributed by atoms with E-state index in [1.807, 2.05) is 24.3 Å². The molecule has 2 fully saturated rings. The van der Waals surface area contributed by atoms with E-state index in [-0.39, 0.29) is 42.8 Å². The summed E-state index contributed by atoms with van der Waals surface area (Å²) in [6.07, 6.45) is 3.35. The molecule has 134 valence electrons. The molecule has 3 atom stereocenters. The highest BCUT2D eigenvalue weighted by Crippen LogP contribution is 2.31. The number of fused-ring (bicyclic) bond motifs is 2. The lowest BCUT2D eigenvalue weighted by Crippen LogP contribution is -2.59. The number of hydrogen-bond acceptors (Lipinski definition) is 4. The first-order chi connectivity index (χ1) is 10.8. The van der Waals surface area contributed by atoms with Gasteiger partial charge in [-0.3, -0.25) is 9.69 Å². The van der Waals surface area contributed by atoms with Crippen molar-refractivity contribution in [2.45, 2.75) is 37.4 Å². The molecule has 7 heteroatoms. The van der Waals surface area contributed by atoms with Crippen LogP contribution in [0.2, 0.25) is 0 Å². The van der Waals surface area contributed by atoms with Crippen LogP contribution in [0, 0.1) is 0 Å². The van der Waals surface area contributed by atoms with Gasteiger partial charge in [-0.05, 0) is 25.5 Å². The highest BCUT2D eigenvalue weighted by Gasteiger charge is 2.35. The number of piperazine rings is 1. The minimum absolute atomic E-state index is 0. The molecule has 0 aromatic heterocycles. The van der Waals surface area contributed by atoms with Gasteiger partial charge < -0.3 is 15.4 Å². The predicted octanol–water partition coefficient (Wildman–Crippen LogP) is 1.91. The van der Waals surface area contributed by atoms with Gasteiger partial charge in [-0.25, -0.2) is 0 Å². The number of amides is 1. The topological polar surface area (TPSA) is 53.6 Å². The summed E-state index contributed by atoms with van der Waals surface area (Å²) in [6, 6.07) is 8.60. The fourth-order valence-electron chi connectivity index (χ4n) is 3.88. The van der Waals surface area contributed by atoms with Crippen LogP contribution >= 0.6 is 24.8 Å². The van der Waals surface area contributed by atoms with Gasteiger partial charge in [0.25, 0.3) is 0 Å². The van der Waals surface area contributed by atoms with Gasteiger partial charge in [0.05, 0.1) is 18.7 Å². The smallest absolute Gasteiger partial charge is 0.238 e. The Balaban J connectivity index is 0.00000104. The standard InChI is InChI=1S/C17H23N3O2.2ClH/c21-17(15-11-20-8-3-4-12(20)10-18-15)19-14-7-9-22-16-6-2-1-5-13(14)16;;/h1-2,5-6,12,14-15,18H,3-4,7-11H2,(H,19,21);2*1H/t12?,14-,15?;;/m1../s1. The molecule has 3 heterocycles. The molecule has 4 rings (SSSR count). The zero-order chi connectivity index (χ0) is 14.9. The molecule has 0 spiro atoms. The number of hydrogen-bond donors (Lipinski definition) is 2. The second-order valence-corrected chi connectivity index (χ2v) is 6.49. The SMILES string of the molecule is Cl.Cl.O=C(N[C@@H]1CCOc2ccccc21)C1CN2CCCC2CN1. The molecule has 24 heavy (non-hydrogen) atoms. The highest BCUT2D eigenvalue weighted by molar-refractivity contribution is 5.85. The third kappa shape index (κ3) is 3.80. The van der Waals surface area contributed by atoms with Crippen LogP contribution in [-0.2, 0) is 4.79 Å². The van der Waals surface area contributed by atoms with Gasteiger partial charge in [-0.15, -0.1) is 24.8 Å². The molecular weight excluding hydrogens is 349 g/mol. The molecule has 3 aliphatic rings.